The lowest BCUT2D eigenvalue weighted by atomic mass is 9.92. The van der Waals surface area contributed by atoms with E-state index in [9.17, 15) is 4.79 Å². The largest absolute Gasteiger partial charge is 0.339 e. The van der Waals surface area contributed by atoms with E-state index in [0.29, 0.717) is 0 Å². The molecule has 2 saturated heterocycles. The summed E-state index contributed by atoms with van der Waals surface area (Å²) in [6.45, 7) is 5.99. The molecule has 2 aliphatic rings. The highest BCUT2D eigenvalue weighted by Gasteiger charge is 2.31. The summed E-state index contributed by atoms with van der Waals surface area (Å²) >= 11 is 0. The van der Waals surface area contributed by atoms with Crippen molar-refractivity contribution in [1.82, 2.24) is 15.2 Å². The molecule has 102 valence electrons. The van der Waals surface area contributed by atoms with Gasteiger partial charge < -0.3 is 10.2 Å². The van der Waals surface area contributed by atoms with Gasteiger partial charge in [-0.25, -0.2) is 0 Å². The van der Waals surface area contributed by atoms with Crippen LogP contribution in [0.1, 0.15) is 28.8 Å². The number of carbonyl (C=O) groups is 1. The van der Waals surface area contributed by atoms with E-state index in [1.807, 2.05) is 17.9 Å². The first kappa shape index (κ1) is 12.6. The first-order valence-corrected chi connectivity index (χ1v) is 7.15. The number of likely N-dealkylation sites (tertiary alicyclic amines) is 1. The van der Waals surface area contributed by atoms with Crippen molar-refractivity contribution in [1.29, 1.82) is 0 Å². The van der Waals surface area contributed by atoms with Crippen LogP contribution < -0.4 is 5.32 Å². The highest BCUT2D eigenvalue weighted by atomic mass is 16.2. The molecule has 1 N–H and O–H groups in total. The second-order valence-corrected chi connectivity index (χ2v) is 5.80. The molecule has 1 amide bonds. The third kappa shape index (κ3) is 2.63. The Labute approximate surface area is 114 Å². The van der Waals surface area contributed by atoms with Gasteiger partial charge in [0.25, 0.3) is 5.91 Å². The molecule has 2 fully saturated rings. The number of nitrogens with zero attached hydrogens (tertiary/aromatic N) is 2. The van der Waals surface area contributed by atoms with Crippen LogP contribution in [0.15, 0.2) is 18.5 Å². The molecule has 2 aliphatic heterocycles. The molecule has 0 aliphatic carbocycles. The average Bonchev–Trinajstić information content (AvgIpc) is 2.77. The summed E-state index contributed by atoms with van der Waals surface area (Å²) in [7, 11) is 0. The van der Waals surface area contributed by atoms with Gasteiger partial charge in [0, 0.05) is 25.5 Å². The van der Waals surface area contributed by atoms with Gasteiger partial charge in [-0.1, -0.05) is 0 Å². The molecular weight excluding hydrogens is 238 g/mol. The number of hydrogen-bond donors (Lipinski definition) is 1. The number of fused-ring (bicyclic) bond motifs is 1. The topological polar surface area (TPSA) is 45.2 Å². The molecule has 2 atom stereocenters. The zero-order valence-electron chi connectivity index (χ0n) is 11.4. The Morgan fingerprint density at radius 1 is 1.26 bits per heavy atom. The molecule has 0 aromatic carbocycles. The van der Waals surface area contributed by atoms with E-state index >= 15 is 0 Å². The summed E-state index contributed by atoms with van der Waals surface area (Å²) in [6.07, 6.45) is 5.73. The molecule has 0 bridgehead atoms. The van der Waals surface area contributed by atoms with Crippen molar-refractivity contribution in [3.63, 3.8) is 0 Å². The minimum absolute atomic E-state index is 0.143. The number of rotatable bonds is 1. The van der Waals surface area contributed by atoms with Crippen LogP contribution in [-0.4, -0.2) is 42.0 Å². The van der Waals surface area contributed by atoms with Crippen molar-refractivity contribution in [3.05, 3.63) is 29.6 Å². The van der Waals surface area contributed by atoms with E-state index in [0.717, 1.165) is 62.0 Å². The van der Waals surface area contributed by atoms with E-state index in [2.05, 4.69) is 10.3 Å². The van der Waals surface area contributed by atoms with Gasteiger partial charge in [0.15, 0.2) is 0 Å². The SMILES string of the molecule is Cc1cncc(C(=O)N2CC[C@@H]3CNC[C@@H]3CC2)c1. The zero-order valence-corrected chi connectivity index (χ0v) is 11.4. The summed E-state index contributed by atoms with van der Waals surface area (Å²) in [5.74, 6) is 1.66. The van der Waals surface area contributed by atoms with Crippen molar-refractivity contribution >= 4 is 5.91 Å². The number of nitrogens with one attached hydrogen (secondary N) is 1. The van der Waals surface area contributed by atoms with E-state index in [1.54, 1.807) is 12.4 Å². The summed E-state index contributed by atoms with van der Waals surface area (Å²) in [5.41, 5.74) is 1.77. The third-order valence-electron chi connectivity index (χ3n) is 4.43. The lowest BCUT2D eigenvalue weighted by molar-refractivity contribution is 0.0758. The molecule has 0 radical (unpaired) electrons. The molecule has 0 unspecified atom stereocenters. The minimum atomic E-state index is 0.143. The maximum Gasteiger partial charge on any atom is 0.255 e. The van der Waals surface area contributed by atoms with Gasteiger partial charge in [-0.05, 0) is 56.3 Å². The van der Waals surface area contributed by atoms with E-state index in [4.69, 9.17) is 0 Å². The van der Waals surface area contributed by atoms with Gasteiger partial charge >= 0.3 is 0 Å². The quantitative estimate of drug-likeness (QED) is 0.830. The molecule has 0 saturated carbocycles. The number of carbonyl (C=O) groups excluding carboxylic acids is 1. The van der Waals surface area contributed by atoms with E-state index in [1.165, 1.54) is 0 Å². The molecule has 3 rings (SSSR count). The van der Waals surface area contributed by atoms with Crippen LogP contribution in [-0.2, 0) is 0 Å². The maximum atomic E-state index is 12.5. The van der Waals surface area contributed by atoms with Gasteiger partial charge in [-0.2, -0.15) is 0 Å². The number of amides is 1. The molecule has 19 heavy (non-hydrogen) atoms. The smallest absolute Gasteiger partial charge is 0.255 e. The van der Waals surface area contributed by atoms with Gasteiger partial charge in [-0.3, -0.25) is 9.78 Å². The monoisotopic (exact) mass is 259 g/mol. The minimum Gasteiger partial charge on any atom is -0.339 e. The standard InChI is InChI=1S/C15H21N3O/c1-11-6-14(10-16-7-11)15(19)18-4-2-12-8-17-9-13(12)3-5-18/h6-7,10,12-13,17H,2-5,8-9H2,1H3/t12-,13+. The van der Waals surface area contributed by atoms with Gasteiger partial charge in [0.2, 0.25) is 0 Å². The maximum absolute atomic E-state index is 12.5. The van der Waals surface area contributed by atoms with Crippen molar-refractivity contribution in [2.45, 2.75) is 19.8 Å². The van der Waals surface area contributed by atoms with E-state index < -0.39 is 0 Å². The highest BCUT2D eigenvalue weighted by molar-refractivity contribution is 5.94. The predicted molar refractivity (Wildman–Crippen MR) is 74.0 cm³/mol. The second-order valence-electron chi connectivity index (χ2n) is 5.80. The van der Waals surface area contributed by atoms with Crippen LogP contribution >= 0.6 is 0 Å². The van der Waals surface area contributed by atoms with Crippen LogP contribution in [0.25, 0.3) is 0 Å². The fraction of sp³-hybridized carbons (Fsp3) is 0.600. The fourth-order valence-electron chi connectivity index (χ4n) is 3.28. The first-order valence-electron chi connectivity index (χ1n) is 7.15. The van der Waals surface area contributed by atoms with Crippen LogP contribution in [0.3, 0.4) is 0 Å². The van der Waals surface area contributed by atoms with Crippen LogP contribution in [0, 0.1) is 18.8 Å². The molecule has 3 heterocycles. The molecule has 4 heteroatoms. The summed E-state index contributed by atoms with van der Waals surface area (Å²) < 4.78 is 0. The molecule has 1 aromatic heterocycles. The van der Waals surface area contributed by atoms with Crippen molar-refractivity contribution in [2.24, 2.45) is 11.8 Å². The Morgan fingerprint density at radius 2 is 1.95 bits per heavy atom. The van der Waals surface area contributed by atoms with E-state index in [-0.39, 0.29) is 5.91 Å². The molecule has 0 spiro atoms. The van der Waals surface area contributed by atoms with Gasteiger partial charge in [0.05, 0.1) is 5.56 Å². The summed E-state index contributed by atoms with van der Waals surface area (Å²) in [4.78, 5) is 18.6. The zero-order chi connectivity index (χ0) is 13.2. The van der Waals surface area contributed by atoms with Gasteiger partial charge in [-0.15, -0.1) is 0 Å². The predicted octanol–water partition coefficient (Wildman–Crippen LogP) is 1.46. The Balaban J connectivity index is 1.70. The third-order valence-corrected chi connectivity index (χ3v) is 4.43. The van der Waals surface area contributed by atoms with Crippen LogP contribution in [0.4, 0.5) is 0 Å². The van der Waals surface area contributed by atoms with Crippen molar-refractivity contribution in [2.75, 3.05) is 26.2 Å². The number of pyridine rings is 1. The summed E-state index contributed by atoms with van der Waals surface area (Å²) in [6, 6.07) is 1.93. The fourth-order valence-corrected chi connectivity index (χ4v) is 3.28. The lowest BCUT2D eigenvalue weighted by Crippen LogP contribution is -2.32. The highest BCUT2D eigenvalue weighted by Crippen LogP contribution is 2.27. The van der Waals surface area contributed by atoms with Crippen molar-refractivity contribution in [3.8, 4) is 0 Å². The molecule has 4 nitrogen and oxygen atoms in total. The summed E-state index contributed by atoms with van der Waals surface area (Å²) in [5, 5.41) is 3.46. The number of hydrogen-bond acceptors (Lipinski definition) is 3. The van der Waals surface area contributed by atoms with Crippen LogP contribution in [0.5, 0.6) is 0 Å². The Hall–Kier alpha value is -1.42. The van der Waals surface area contributed by atoms with Crippen molar-refractivity contribution < 1.29 is 4.79 Å². The number of aromatic nitrogens is 1. The number of aryl methyl sites for hydroxylation is 1. The Kier molecular flexibility index (Phi) is 3.51. The normalized spacial score (nSPS) is 26.9. The molecular formula is C15H21N3O. The Morgan fingerprint density at radius 3 is 2.58 bits per heavy atom. The average molecular weight is 259 g/mol. The molecule has 1 aromatic rings. The Bertz CT molecular complexity index is 460. The second kappa shape index (κ2) is 5.29. The lowest BCUT2D eigenvalue weighted by Gasteiger charge is -2.21. The van der Waals surface area contributed by atoms with Crippen LogP contribution in [0.2, 0.25) is 0 Å². The first-order chi connectivity index (χ1) is 9.24. The van der Waals surface area contributed by atoms with Gasteiger partial charge in [0.1, 0.15) is 0 Å².